The first-order chi connectivity index (χ1) is 11.2. The molecule has 0 atom stereocenters. The molecule has 0 bridgehead atoms. The largest absolute Gasteiger partial charge is 0.491 e. The van der Waals surface area contributed by atoms with Gasteiger partial charge in [0.15, 0.2) is 17.5 Å². The van der Waals surface area contributed by atoms with Crippen LogP contribution < -0.4 is 4.74 Å². The molecule has 1 aromatic heterocycles. The summed E-state index contributed by atoms with van der Waals surface area (Å²) in [5.74, 6) is -7.09. The van der Waals surface area contributed by atoms with Crippen LogP contribution >= 0.6 is 0 Å². The molecule has 0 aliphatic heterocycles. The number of aryl methyl sites for hydroxylation is 1. The number of esters is 1. The van der Waals surface area contributed by atoms with Crippen molar-refractivity contribution in [3.63, 3.8) is 0 Å². The lowest BCUT2D eigenvalue weighted by Crippen LogP contribution is -2.28. The summed E-state index contributed by atoms with van der Waals surface area (Å²) in [4.78, 5) is 18.6. The van der Waals surface area contributed by atoms with Gasteiger partial charge in [0, 0.05) is 18.0 Å². The Bertz CT molecular complexity index is 722. The maximum atomic E-state index is 13.8. The third kappa shape index (κ3) is 4.03. The monoisotopic (exact) mass is 346 g/mol. The minimum Gasteiger partial charge on any atom is -0.414 e. The van der Waals surface area contributed by atoms with Crippen LogP contribution in [0.1, 0.15) is 18.9 Å². The van der Waals surface area contributed by atoms with Crippen LogP contribution in [0.15, 0.2) is 24.5 Å². The molecule has 2 aromatic rings. The van der Waals surface area contributed by atoms with Crippen molar-refractivity contribution in [1.82, 2.24) is 9.97 Å². The Morgan fingerprint density at radius 1 is 1.12 bits per heavy atom. The maximum absolute atomic E-state index is 13.8. The summed E-state index contributed by atoms with van der Waals surface area (Å²) in [5.41, 5.74) is 0.734. The van der Waals surface area contributed by atoms with E-state index in [1.165, 1.54) is 12.4 Å². The van der Waals surface area contributed by atoms with Crippen molar-refractivity contribution in [2.24, 2.45) is 0 Å². The first-order valence-corrected chi connectivity index (χ1v) is 6.81. The summed E-state index contributed by atoms with van der Waals surface area (Å²) in [6.07, 6.45) is -0.797. The van der Waals surface area contributed by atoms with Crippen LogP contribution in [0.25, 0.3) is 11.4 Å². The summed E-state index contributed by atoms with van der Waals surface area (Å²) < 4.78 is 67.6. The van der Waals surface area contributed by atoms with Gasteiger partial charge in [-0.2, -0.15) is 13.2 Å². The van der Waals surface area contributed by atoms with E-state index in [1.807, 2.05) is 6.92 Å². The Labute approximate surface area is 133 Å². The van der Waals surface area contributed by atoms with Gasteiger partial charge >= 0.3 is 12.1 Å². The van der Waals surface area contributed by atoms with E-state index >= 15 is 0 Å². The zero-order chi connectivity index (χ0) is 17.9. The molecule has 0 saturated heterocycles. The highest BCUT2D eigenvalue weighted by atomic mass is 19.4. The number of halogens is 5. The SMILES string of the molecule is CCCc1cnc(-c2cc(F)c(OC(=O)C(F)(F)F)c(F)c2)nc1. The zero-order valence-corrected chi connectivity index (χ0v) is 12.3. The van der Waals surface area contributed by atoms with Crippen molar-refractivity contribution in [3.8, 4) is 17.1 Å². The lowest BCUT2D eigenvalue weighted by Gasteiger charge is -2.10. The summed E-state index contributed by atoms with van der Waals surface area (Å²) in [6.45, 7) is 1.96. The second kappa shape index (κ2) is 6.90. The maximum Gasteiger partial charge on any atom is 0.491 e. The fraction of sp³-hybridized carbons (Fsp3) is 0.267. The molecular formula is C15H11F5N2O2. The number of alkyl halides is 3. The van der Waals surface area contributed by atoms with Crippen molar-refractivity contribution in [2.45, 2.75) is 25.9 Å². The van der Waals surface area contributed by atoms with Gasteiger partial charge in [-0.05, 0) is 24.1 Å². The smallest absolute Gasteiger partial charge is 0.414 e. The van der Waals surface area contributed by atoms with Crippen LogP contribution in [0, 0.1) is 11.6 Å². The third-order valence-corrected chi connectivity index (χ3v) is 2.93. The topological polar surface area (TPSA) is 52.1 Å². The molecule has 9 heteroatoms. The van der Waals surface area contributed by atoms with Gasteiger partial charge < -0.3 is 4.74 Å². The number of aromatic nitrogens is 2. The van der Waals surface area contributed by atoms with Gasteiger partial charge in [-0.15, -0.1) is 0 Å². The van der Waals surface area contributed by atoms with Gasteiger partial charge in [0.25, 0.3) is 0 Å². The Kier molecular flexibility index (Phi) is 5.10. The molecule has 4 nitrogen and oxygen atoms in total. The molecule has 1 heterocycles. The van der Waals surface area contributed by atoms with Crippen molar-refractivity contribution < 1.29 is 31.5 Å². The highest BCUT2D eigenvalue weighted by molar-refractivity contribution is 5.78. The molecule has 0 unspecified atom stereocenters. The average Bonchev–Trinajstić information content (AvgIpc) is 2.50. The van der Waals surface area contributed by atoms with Crippen molar-refractivity contribution >= 4 is 5.97 Å². The second-order valence-corrected chi connectivity index (χ2v) is 4.82. The predicted molar refractivity (Wildman–Crippen MR) is 73.1 cm³/mol. The molecule has 128 valence electrons. The van der Waals surface area contributed by atoms with Crippen LogP contribution in [0.2, 0.25) is 0 Å². The fourth-order valence-electron chi connectivity index (χ4n) is 1.86. The number of hydrogen-bond acceptors (Lipinski definition) is 4. The first-order valence-electron chi connectivity index (χ1n) is 6.81. The van der Waals surface area contributed by atoms with E-state index in [-0.39, 0.29) is 11.4 Å². The molecule has 2 rings (SSSR count). The molecule has 0 radical (unpaired) electrons. The number of carbonyl (C=O) groups is 1. The van der Waals surface area contributed by atoms with Gasteiger partial charge in [0.1, 0.15) is 0 Å². The molecule has 0 N–H and O–H groups in total. The lowest BCUT2D eigenvalue weighted by molar-refractivity contribution is -0.190. The predicted octanol–water partition coefficient (Wildman–Crippen LogP) is 3.84. The van der Waals surface area contributed by atoms with Crippen LogP contribution in [-0.4, -0.2) is 22.1 Å². The van der Waals surface area contributed by atoms with E-state index in [0.29, 0.717) is 12.1 Å². The highest BCUT2D eigenvalue weighted by Crippen LogP contribution is 2.29. The van der Waals surface area contributed by atoms with E-state index < -0.39 is 29.5 Å². The zero-order valence-electron chi connectivity index (χ0n) is 12.3. The van der Waals surface area contributed by atoms with Gasteiger partial charge in [-0.1, -0.05) is 13.3 Å². The standard InChI is InChI=1S/C15H11F5N2O2/c1-2-3-8-6-21-13(22-7-8)9-4-10(16)12(11(17)5-9)24-14(23)15(18,19)20/h4-7H,2-3H2,1H3. The summed E-state index contributed by atoms with van der Waals surface area (Å²) in [5, 5.41) is 0. The van der Waals surface area contributed by atoms with Gasteiger partial charge in [0.2, 0.25) is 5.75 Å². The van der Waals surface area contributed by atoms with Crippen LogP contribution in [0.4, 0.5) is 22.0 Å². The number of hydrogen-bond donors (Lipinski definition) is 0. The van der Waals surface area contributed by atoms with Gasteiger partial charge in [0.05, 0.1) is 0 Å². The van der Waals surface area contributed by atoms with E-state index in [1.54, 1.807) is 0 Å². The molecule has 0 fully saturated rings. The highest BCUT2D eigenvalue weighted by Gasteiger charge is 2.42. The molecule has 0 aliphatic carbocycles. The quantitative estimate of drug-likeness (QED) is 0.479. The van der Waals surface area contributed by atoms with Crippen LogP contribution in [0.5, 0.6) is 5.75 Å². The lowest BCUT2D eigenvalue weighted by atomic mass is 10.1. The molecule has 24 heavy (non-hydrogen) atoms. The molecule has 1 aromatic carbocycles. The number of carbonyl (C=O) groups excluding carboxylic acids is 1. The Morgan fingerprint density at radius 2 is 1.67 bits per heavy atom. The molecule has 0 saturated carbocycles. The van der Waals surface area contributed by atoms with Crippen molar-refractivity contribution in [2.75, 3.05) is 0 Å². The summed E-state index contributed by atoms with van der Waals surface area (Å²) in [7, 11) is 0. The fourth-order valence-corrected chi connectivity index (χ4v) is 1.86. The molecular weight excluding hydrogens is 335 g/mol. The van der Waals surface area contributed by atoms with Crippen LogP contribution in [-0.2, 0) is 11.2 Å². The molecule has 0 spiro atoms. The van der Waals surface area contributed by atoms with E-state index in [4.69, 9.17) is 0 Å². The van der Waals surface area contributed by atoms with Crippen LogP contribution in [0.3, 0.4) is 0 Å². The minimum atomic E-state index is -5.37. The number of nitrogens with zero attached hydrogens (tertiary/aromatic N) is 2. The Morgan fingerprint density at radius 3 is 2.12 bits per heavy atom. The number of rotatable bonds is 4. The average molecular weight is 346 g/mol. The molecule has 0 aliphatic rings. The summed E-state index contributed by atoms with van der Waals surface area (Å²) >= 11 is 0. The van der Waals surface area contributed by atoms with E-state index in [2.05, 4.69) is 14.7 Å². The van der Waals surface area contributed by atoms with Gasteiger partial charge in [-0.25, -0.2) is 23.5 Å². The number of ether oxygens (including phenoxy) is 1. The first kappa shape index (κ1) is 17.8. The van der Waals surface area contributed by atoms with Crippen molar-refractivity contribution in [3.05, 3.63) is 41.7 Å². The van der Waals surface area contributed by atoms with Crippen molar-refractivity contribution in [1.29, 1.82) is 0 Å². The van der Waals surface area contributed by atoms with E-state index in [9.17, 15) is 26.7 Å². The third-order valence-electron chi connectivity index (χ3n) is 2.93. The van der Waals surface area contributed by atoms with Gasteiger partial charge in [-0.3, -0.25) is 0 Å². The number of benzene rings is 1. The Hall–Kier alpha value is -2.58. The minimum absolute atomic E-state index is 0.0126. The normalized spacial score (nSPS) is 11.4. The van der Waals surface area contributed by atoms with E-state index in [0.717, 1.165) is 18.4 Å². The Balaban J connectivity index is 2.30. The molecule has 0 amide bonds. The second-order valence-electron chi connectivity index (χ2n) is 4.82. The summed E-state index contributed by atoms with van der Waals surface area (Å²) in [6, 6.07) is 1.38.